The molecular weight excluding hydrogens is 208 g/mol. The molecular formula is C15H20N2. The highest BCUT2D eigenvalue weighted by molar-refractivity contribution is 5.64. The van der Waals surface area contributed by atoms with Gasteiger partial charge in [0.2, 0.25) is 0 Å². The van der Waals surface area contributed by atoms with Crippen LogP contribution >= 0.6 is 0 Å². The van der Waals surface area contributed by atoms with E-state index in [1.54, 1.807) is 11.3 Å². The average molecular weight is 228 g/mol. The van der Waals surface area contributed by atoms with Gasteiger partial charge < -0.3 is 10.2 Å². The van der Waals surface area contributed by atoms with Crippen LogP contribution in [0.1, 0.15) is 36.3 Å². The third-order valence-corrected chi connectivity index (χ3v) is 4.85. The van der Waals surface area contributed by atoms with E-state index in [1.807, 2.05) is 0 Å². The minimum Gasteiger partial charge on any atom is -0.369 e. The molecule has 4 rings (SSSR count). The zero-order chi connectivity index (χ0) is 11.2. The van der Waals surface area contributed by atoms with E-state index < -0.39 is 0 Å². The summed E-state index contributed by atoms with van der Waals surface area (Å²) in [4.78, 5) is 2.65. The summed E-state index contributed by atoms with van der Waals surface area (Å²) in [6, 6.07) is 6.96. The molecule has 2 heterocycles. The van der Waals surface area contributed by atoms with Crippen LogP contribution in [-0.2, 0) is 6.54 Å². The van der Waals surface area contributed by atoms with E-state index in [1.165, 1.54) is 37.9 Å². The van der Waals surface area contributed by atoms with Gasteiger partial charge in [0, 0.05) is 31.9 Å². The van der Waals surface area contributed by atoms with Crippen LogP contribution in [0, 0.1) is 5.92 Å². The molecule has 90 valence electrons. The number of hydrogen-bond acceptors (Lipinski definition) is 2. The second-order valence-corrected chi connectivity index (χ2v) is 5.78. The molecule has 0 bridgehead atoms. The molecule has 1 N–H and O–H groups in total. The normalized spacial score (nSPS) is 30.7. The Labute approximate surface area is 103 Å². The second kappa shape index (κ2) is 3.74. The lowest BCUT2D eigenvalue weighted by atomic mass is 9.82. The van der Waals surface area contributed by atoms with Crippen molar-refractivity contribution in [2.45, 2.75) is 31.7 Å². The van der Waals surface area contributed by atoms with E-state index in [2.05, 4.69) is 28.4 Å². The van der Waals surface area contributed by atoms with E-state index >= 15 is 0 Å². The maximum atomic E-state index is 3.55. The van der Waals surface area contributed by atoms with Gasteiger partial charge in [0.1, 0.15) is 0 Å². The molecule has 2 aliphatic heterocycles. The number of rotatable bonds is 0. The summed E-state index contributed by atoms with van der Waals surface area (Å²) in [7, 11) is 0. The van der Waals surface area contributed by atoms with Crippen molar-refractivity contribution in [3.05, 3.63) is 29.3 Å². The molecule has 1 aromatic carbocycles. The summed E-state index contributed by atoms with van der Waals surface area (Å²) < 4.78 is 0. The van der Waals surface area contributed by atoms with E-state index in [9.17, 15) is 0 Å². The van der Waals surface area contributed by atoms with Crippen molar-refractivity contribution >= 4 is 5.69 Å². The molecule has 1 saturated carbocycles. The number of nitrogens with zero attached hydrogens (tertiary/aromatic N) is 1. The maximum absolute atomic E-state index is 3.55. The Kier molecular flexibility index (Phi) is 2.19. The van der Waals surface area contributed by atoms with Gasteiger partial charge in [-0.2, -0.15) is 0 Å². The van der Waals surface area contributed by atoms with E-state index in [-0.39, 0.29) is 0 Å². The van der Waals surface area contributed by atoms with Crippen molar-refractivity contribution in [3.63, 3.8) is 0 Å². The van der Waals surface area contributed by atoms with Crippen LogP contribution in [0.2, 0.25) is 0 Å². The zero-order valence-corrected chi connectivity index (χ0v) is 10.3. The van der Waals surface area contributed by atoms with Crippen LogP contribution in [0.3, 0.4) is 0 Å². The number of anilines is 1. The van der Waals surface area contributed by atoms with E-state index in [4.69, 9.17) is 0 Å². The Morgan fingerprint density at radius 2 is 2.24 bits per heavy atom. The van der Waals surface area contributed by atoms with Gasteiger partial charge in [0.15, 0.2) is 0 Å². The molecule has 17 heavy (non-hydrogen) atoms. The van der Waals surface area contributed by atoms with Gasteiger partial charge in [-0.1, -0.05) is 24.6 Å². The maximum Gasteiger partial charge on any atom is 0.0447 e. The Morgan fingerprint density at radius 1 is 1.24 bits per heavy atom. The van der Waals surface area contributed by atoms with Crippen LogP contribution < -0.4 is 10.2 Å². The fraction of sp³-hybridized carbons (Fsp3) is 0.600. The first-order valence-electron chi connectivity index (χ1n) is 7.01. The molecule has 1 aromatic rings. The highest BCUT2D eigenvalue weighted by atomic mass is 15.2. The molecule has 0 aromatic heterocycles. The van der Waals surface area contributed by atoms with Gasteiger partial charge in [0.25, 0.3) is 0 Å². The van der Waals surface area contributed by atoms with Crippen molar-refractivity contribution in [2.24, 2.45) is 5.92 Å². The third kappa shape index (κ3) is 1.43. The van der Waals surface area contributed by atoms with Gasteiger partial charge in [-0.3, -0.25) is 0 Å². The largest absolute Gasteiger partial charge is 0.369 e. The highest BCUT2D eigenvalue weighted by Crippen LogP contribution is 2.48. The Balaban J connectivity index is 1.88. The number of fused-ring (bicyclic) bond motifs is 2. The lowest BCUT2D eigenvalue weighted by Crippen LogP contribution is -2.38. The lowest BCUT2D eigenvalue weighted by Gasteiger charge is -2.38. The molecule has 1 aliphatic carbocycles. The van der Waals surface area contributed by atoms with Crippen molar-refractivity contribution in [3.8, 4) is 0 Å². The summed E-state index contributed by atoms with van der Waals surface area (Å²) in [6.07, 6.45) is 4.30. The number of benzene rings is 1. The summed E-state index contributed by atoms with van der Waals surface area (Å²) in [5.74, 6) is 1.79. The van der Waals surface area contributed by atoms with Crippen LogP contribution in [0.4, 0.5) is 5.69 Å². The van der Waals surface area contributed by atoms with Crippen molar-refractivity contribution < 1.29 is 0 Å². The van der Waals surface area contributed by atoms with Crippen LogP contribution in [0.15, 0.2) is 18.2 Å². The Morgan fingerprint density at radius 3 is 3.24 bits per heavy atom. The smallest absolute Gasteiger partial charge is 0.0447 e. The minimum atomic E-state index is 0.860. The van der Waals surface area contributed by atoms with Crippen molar-refractivity contribution in [1.29, 1.82) is 0 Å². The fourth-order valence-corrected chi connectivity index (χ4v) is 4.12. The molecule has 2 nitrogen and oxygen atoms in total. The second-order valence-electron chi connectivity index (χ2n) is 5.78. The zero-order valence-electron chi connectivity index (χ0n) is 10.3. The van der Waals surface area contributed by atoms with Crippen LogP contribution in [0.5, 0.6) is 0 Å². The average Bonchev–Trinajstić information content (AvgIpc) is 2.73. The van der Waals surface area contributed by atoms with Gasteiger partial charge in [-0.25, -0.2) is 0 Å². The summed E-state index contributed by atoms with van der Waals surface area (Å²) in [6.45, 7) is 4.67. The first-order valence-corrected chi connectivity index (χ1v) is 7.01. The lowest BCUT2D eigenvalue weighted by molar-refractivity contribution is 0.454. The summed E-state index contributed by atoms with van der Waals surface area (Å²) in [5, 5.41) is 3.55. The molecule has 0 amide bonds. The number of hydrogen-bond donors (Lipinski definition) is 1. The molecule has 0 spiro atoms. The standard InChI is InChI=1S/C15H20N2/c1-3-11-9-16-7-8-17-10-12-4-2-5-13(12)14(6-1)15(11)17/h1,3,6,12-13,16H,2,4-5,7-10H2/t12?,13-/m0/s1. The molecule has 3 aliphatic rings. The van der Waals surface area contributed by atoms with E-state index in [0.717, 1.165) is 24.9 Å². The van der Waals surface area contributed by atoms with Crippen LogP contribution in [-0.4, -0.2) is 19.6 Å². The van der Waals surface area contributed by atoms with Gasteiger partial charge in [-0.05, 0) is 35.8 Å². The Bertz CT molecular complexity index is 441. The van der Waals surface area contributed by atoms with Crippen molar-refractivity contribution in [1.82, 2.24) is 5.32 Å². The molecule has 0 saturated heterocycles. The van der Waals surface area contributed by atoms with Gasteiger partial charge in [-0.15, -0.1) is 0 Å². The molecule has 1 unspecified atom stereocenters. The SMILES string of the molecule is c1cc2c3c(c1)[C@H]1CCCC1CN3CCNC2. The summed E-state index contributed by atoms with van der Waals surface area (Å²) >= 11 is 0. The monoisotopic (exact) mass is 228 g/mol. The topological polar surface area (TPSA) is 15.3 Å². The predicted molar refractivity (Wildman–Crippen MR) is 70.4 cm³/mol. The fourth-order valence-electron chi connectivity index (χ4n) is 4.12. The van der Waals surface area contributed by atoms with Gasteiger partial charge in [0.05, 0.1) is 0 Å². The van der Waals surface area contributed by atoms with E-state index in [0.29, 0.717) is 0 Å². The minimum absolute atomic E-state index is 0.860. The highest BCUT2D eigenvalue weighted by Gasteiger charge is 2.37. The van der Waals surface area contributed by atoms with Crippen LogP contribution in [0.25, 0.3) is 0 Å². The van der Waals surface area contributed by atoms with Crippen molar-refractivity contribution in [2.75, 3.05) is 24.5 Å². The quantitative estimate of drug-likeness (QED) is 0.734. The first kappa shape index (κ1) is 9.95. The Hall–Kier alpha value is -1.02. The molecule has 0 radical (unpaired) electrons. The third-order valence-electron chi connectivity index (χ3n) is 4.85. The molecule has 1 fully saturated rings. The molecule has 2 atom stereocenters. The van der Waals surface area contributed by atoms with Gasteiger partial charge >= 0.3 is 0 Å². The summed E-state index contributed by atoms with van der Waals surface area (Å²) in [5.41, 5.74) is 4.76. The first-order chi connectivity index (χ1) is 8.43. The number of para-hydroxylation sites is 1. The molecule has 2 heteroatoms. The predicted octanol–water partition coefficient (Wildman–Crippen LogP) is 2.49. The number of nitrogens with one attached hydrogen (secondary N) is 1.